The second-order valence-electron chi connectivity index (χ2n) is 11.2. The first-order chi connectivity index (χ1) is 19.6. The van der Waals surface area contributed by atoms with Gasteiger partial charge in [0, 0.05) is 34.9 Å². The number of benzene rings is 2. The van der Waals surface area contributed by atoms with Gasteiger partial charge < -0.3 is 20.1 Å². The van der Waals surface area contributed by atoms with Crippen LogP contribution in [0.5, 0.6) is 0 Å². The van der Waals surface area contributed by atoms with E-state index in [1.165, 1.54) is 33.8 Å². The van der Waals surface area contributed by atoms with Gasteiger partial charge in [0.05, 0.1) is 23.5 Å². The molecule has 2 atom stereocenters. The molecule has 41 heavy (non-hydrogen) atoms. The number of aromatic nitrogens is 2. The molecule has 1 aliphatic rings. The lowest BCUT2D eigenvalue weighted by molar-refractivity contribution is -0.118. The number of rotatable bonds is 7. The van der Waals surface area contributed by atoms with Crippen LogP contribution in [0.25, 0.3) is 5.69 Å². The summed E-state index contributed by atoms with van der Waals surface area (Å²) in [6, 6.07) is 20.7. The zero-order valence-electron chi connectivity index (χ0n) is 24.9. The molecule has 1 saturated heterocycles. The Bertz CT molecular complexity index is 1610. The quantitative estimate of drug-likeness (QED) is 0.228. The highest BCUT2D eigenvalue weighted by atomic mass is 32.1. The van der Waals surface area contributed by atoms with Crippen LogP contribution in [0.15, 0.2) is 66.9 Å². The number of nitrogens with zero attached hydrogens (tertiary/aromatic N) is 3. The molecule has 0 saturated carbocycles. The van der Waals surface area contributed by atoms with Crippen molar-refractivity contribution in [1.29, 1.82) is 0 Å². The van der Waals surface area contributed by atoms with Crippen LogP contribution in [0.1, 0.15) is 72.2 Å². The third-order valence-corrected chi connectivity index (χ3v) is 8.40. The van der Waals surface area contributed by atoms with E-state index >= 15 is 0 Å². The standard InChI is InChI=1S/C34H39N5OS/c1-8-25-13-11-12-21(4)31(25)38-23(6)19-27(24(38)7)32-30(29-14-9-10-17-35-29)37-34(41)39(32)26-15-16-28(22(5)18-26)36-33(40)20(2)3/h9-20,30,32H,8H2,1-7H3,(H,36,40)(H,37,41)/t30-,32+/m0/s1. The highest BCUT2D eigenvalue weighted by molar-refractivity contribution is 7.80. The van der Waals surface area contributed by atoms with Gasteiger partial charge in [-0.15, -0.1) is 0 Å². The SMILES string of the molecule is CCc1cccc(C)c1-n1c(C)cc([C@@H]2[C@H](c3ccccn3)NC(=S)N2c2ccc(NC(=O)C(C)C)c(C)c2)c1C. The lowest BCUT2D eigenvalue weighted by Crippen LogP contribution is -2.29. The van der Waals surface area contributed by atoms with Crippen LogP contribution in [0, 0.1) is 33.6 Å². The fourth-order valence-electron chi connectivity index (χ4n) is 5.92. The largest absolute Gasteiger partial charge is 0.351 e. The highest BCUT2D eigenvalue weighted by Gasteiger charge is 2.42. The van der Waals surface area contributed by atoms with Gasteiger partial charge in [0.25, 0.3) is 0 Å². The minimum Gasteiger partial charge on any atom is -0.351 e. The zero-order valence-corrected chi connectivity index (χ0v) is 25.8. The van der Waals surface area contributed by atoms with E-state index in [-0.39, 0.29) is 23.9 Å². The topological polar surface area (TPSA) is 62.2 Å². The lowest BCUT2D eigenvalue weighted by Gasteiger charge is -2.29. The molecule has 5 rings (SSSR count). The molecule has 6 nitrogen and oxygen atoms in total. The number of pyridine rings is 1. The van der Waals surface area contributed by atoms with E-state index in [4.69, 9.17) is 17.2 Å². The predicted molar refractivity (Wildman–Crippen MR) is 172 cm³/mol. The summed E-state index contributed by atoms with van der Waals surface area (Å²) in [7, 11) is 0. The Morgan fingerprint density at radius 1 is 1.02 bits per heavy atom. The van der Waals surface area contributed by atoms with Crippen LogP contribution in [0.3, 0.4) is 0 Å². The molecule has 2 aromatic heterocycles. The number of anilines is 2. The van der Waals surface area contributed by atoms with Crippen molar-refractivity contribution < 1.29 is 4.79 Å². The Kier molecular flexibility index (Phi) is 8.00. The predicted octanol–water partition coefficient (Wildman–Crippen LogP) is 7.44. The first kappa shape index (κ1) is 28.6. The molecule has 0 aliphatic carbocycles. The van der Waals surface area contributed by atoms with Crippen LogP contribution < -0.4 is 15.5 Å². The van der Waals surface area contributed by atoms with Gasteiger partial charge in [-0.2, -0.15) is 0 Å². The number of carbonyl (C=O) groups is 1. The number of hydrogen-bond donors (Lipinski definition) is 2. The molecule has 0 spiro atoms. The fraction of sp³-hybridized carbons (Fsp3) is 0.324. The Hall–Kier alpha value is -3.97. The van der Waals surface area contributed by atoms with Crippen molar-refractivity contribution in [2.75, 3.05) is 10.2 Å². The van der Waals surface area contributed by atoms with Crippen molar-refractivity contribution >= 4 is 34.6 Å². The number of carbonyl (C=O) groups excluding carboxylic acids is 1. The van der Waals surface area contributed by atoms with E-state index in [9.17, 15) is 4.79 Å². The van der Waals surface area contributed by atoms with Gasteiger partial charge in [-0.05, 0) is 105 Å². The Labute approximate surface area is 248 Å². The highest BCUT2D eigenvalue weighted by Crippen LogP contribution is 2.44. The lowest BCUT2D eigenvalue weighted by atomic mass is 9.96. The maximum absolute atomic E-state index is 12.4. The summed E-state index contributed by atoms with van der Waals surface area (Å²) in [4.78, 5) is 19.3. The smallest absolute Gasteiger partial charge is 0.226 e. The Morgan fingerprint density at radius 3 is 2.46 bits per heavy atom. The molecule has 1 fully saturated rings. The first-order valence-electron chi connectivity index (χ1n) is 14.3. The molecule has 3 heterocycles. The molecule has 0 radical (unpaired) electrons. The van der Waals surface area contributed by atoms with Crippen molar-refractivity contribution in [1.82, 2.24) is 14.9 Å². The summed E-state index contributed by atoms with van der Waals surface area (Å²) in [5.41, 5.74) is 11.1. The van der Waals surface area contributed by atoms with Gasteiger partial charge >= 0.3 is 0 Å². The average molecular weight is 566 g/mol. The molecule has 7 heteroatoms. The van der Waals surface area contributed by atoms with Crippen LogP contribution in [0.4, 0.5) is 11.4 Å². The number of thiocarbonyl (C=S) groups is 1. The minimum absolute atomic E-state index is 0.00222. The van der Waals surface area contributed by atoms with E-state index in [1.807, 2.05) is 51.2 Å². The van der Waals surface area contributed by atoms with E-state index in [0.29, 0.717) is 5.11 Å². The van der Waals surface area contributed by atoms with Crippen LogP contribution in [0.2, 0.25) is 0 Å². The van der Waals surface area contributed by atoms with Crippen LogP contribution >= 0.6 is 12.2 Å². The van der Waals surface area contributed by atoms with Crippen molar-refractivity contribution in [2.45, 2.75) is 67.0 Å². The maximum atomic E-state index is 12.4. The van der Waals surface area contributed by atoms with Crippen molar-refractivity contribution in [3.05, 3.63) is 106 Å². The van der Waals surface area contributed by atoms with E-state index < -0.39 is 0 Å². The first-order valence-corrected chi connectivity index (χ1v) is 14.7. The minimum atomic E-state index is -0.138. The van der Waals surface area contributed by atoms with Gasteiger partial charge in [-0.3, -0.25) is 9.78 Å². The van der Waals surface area contributed by atoms with E-state index in [2.05, 4.69) is 84.2 Å². The molecule has 0 bridgehead atoms. The molecule has 4 aromatic rings. The Morgan fingerprint density at radius 2 is 1.80 bits per heavy atom. The van der Waals surface area contributed by atoms with Crippen molar-refractivity contribution in [3.8, 4) is 5.69 Å². The van der Waals surface area contributed by atoms with Gasteiger partial charge in [0.1, 0.15) is 0 Å². The number of aryl methyl sites for hydroxylation is 4. The van der Waals surface area contributed by atoms with Crippen LogP contribution in [-0.2, 0) is 11.2 Å². The third kappa shape index (κ3) is 5.26. The zero-order chi connectivity index (χ0) is 29.4. The fourth-order valence-corrected chi connectivity index (χ4v) is 6.27. The van der Waals surface area contributed by atoms with Crippen molar-refractivity contribution in [3.63, 3.8) is 0 Å². The Balaban J connectivity index is 1.65. The summed E-state index contributed by atoms with van der Waals surface area (Å²) in [6.07, 6.45) is 2.79. The molecule has 212 valence electrons. The summed E-state index contributed by atoms with van der Waals surface area (Å²) in [6.45, 7) is 14.6. The molecule has 1 aliphatic heterocycles. The number of nitrogens with one attached hydrogen (secondary N) is 2. The molecular formula is C34H39N5OS. The summed E-state index contributed by atoms with van der Waals surface area (Å²) < 4.78 is 2.40. The van der Waals surface area contributed by atoms with E-state index in [0.717, 1.165) is 29.1 Å². The number of amides is 1. The summed E-state index contributed by atoms with van der Waals surface area (Å²) in [5, 5.41) is 7.30. The van der Waals surface area contributed by atoms with Gasteiger partial charge in [0.15, 0.2) is 5.11 Å². The molecule has 0 unspecified atom stereocenters. The van der Waals surface area contributed by atoms with E-state index in [1.54, 1.807) is 0 Å². The number of para-hydroxylation sites is 1. The monoisotopic (exact) mass is 565 g/mol. The summed E-state index contributed by atoms with van der Waals surface area (Å²) in [5.74, 6) is -0.0907. The maximum Gasteiger partial charge on any atom is 0.226 e. The second kappa shape index (κ2) is 11.5. The molecule has 2 aromatic carbocycles. The van der Waals surface area contributed by atoms with Crippen LogP contribution in [-0.4, -0.2) is 20.6 Å². The second-order valence-corrected chi connectivity index (χ2v) is 11.6. The molecular weight excluding hydrogens is 526 g/mol. The van der Waals surface area contributed by atoms with Gasteiger partial charge in [0.2, 0.25) is 5.91 Å². The van der Waals surface area contributed by atoms with Gasteiger partial charge in [-0.1, -0.05) is 45.0 Å². The number of hydrogen-bond acceptors (Lipinski definition) is 3. The van der Waals surface area contributed by atoms with Gasteiger partial charge in [-0.25, -0.2) is 0 Å². The average Bonchev–Trinajstić information content (AvgIpc) is 3.44. The third-order valence-electron chi connectivity index (χ3n) is 8.08. The normalized spacial score (nSPS) is 16.8. The summed E-state index contributed by atoms with van der Waals surface area (Å²) >= 11 is 6.00. The molecule has 1 amide bonds. The molecule has 2 N–H and O–H groups in total. The van der Waals surface area contributed by atoms with Crippen molar-refractivity contribution in [2.24, 2.45) is 5.92 Å².